The van der Waals surface area contributed by atoms with Gasteiger partial charge in [-0.05, 0) is 0 Å². The normalized spacial score (nSPS) is 8.70. The first kappa shape index (κ1) is 11.4. The minimum atomic E-state index is -6.00. The molecule has 0 saturated heterocycles. The van der Waals surface area contributed by atoms with E-state index in [1.54, 1.807) is 5.08 Å². The zero-order valence-electron chi connectivity index (χ0n) is 4.25. The summed E-state index contributed by atoms with van der Waals surface area (Å²) in [7, 11) is -6.00. The van der Waals surface area contributed by atoms with Crippen LogP contribution in [0, 0.1) is 15.5 Å². The minimum Gasteiger partial charge on any atom is -0.418 e. The van der Waals surface area contributed by atoms with Gasteiger partial charge < -0.3 is 17.3 Å². The van der Waals surface area contributed by atoms with Gasteiger partial charge in [0.2, 0.25) is 0 Å². The second kappa shape index (κ2) is 4.48. The average Bonchev–Trinajstić information content (AvgIpc) is 1.61. The SMILES string of the molecule is F[B-](F)(F)F.N#[N+][N+](=O)[O-]. The topological polar surface area (TPSA) is 71.3 Å². The molecule has 0 saturated carbocycles. The number of halogens is 4. The molecule has 5 nitrogen and oxygen atoms in total. The number of hydrogen-bond donors (Lipinski definition) is 0. The predicted molar refractivity (Wildman–Crippen MR) is 22.3 cm³/mol. The number of hydrogen-bond acceptors (Lipinski definition) is 3. The molecule has 0 radical (unpaired) electrons. The maximum Gasteiger partial charge on any atom is 0.673 e. The Morgan fingerprint density at radius 2 is 1.50 bits per heavy atom. The molecule has 0 aliphatic rings. The summed E-state index contributed by atoms with van der Waals surface area (Å²) >= 11 is 0. The molecule has 10 heavy (non-hydrogen) atoms. The number of nitro groups is 1. The number of nitrogens with zero attached hydrogens (tertiary/aromatic N) is 3. The lowest BCUT2D eigenvalue weighted by atomic mass is 10.3. The summed E-state index contributed by atoms with van der Waals surface area (Å²) in [5.41, 5.74) is 0. The molecule has 0 spiro atoms. The Balaban J connectivity index is 0. The second-order valence-corrected chi connectivity index (χ2v) is 0.822. The molecule has 10 heteroatoms. The van der Waals surface area contributed by atoms with Crippen LogP contribution in [0.3, 0.4) is 0 Å². The molecule has 0 amide bonds. The van der Waals surface area contributed by atoms with Gasteiger partial charge in [0.05, 0.1) is 0 Å². The average molecular weight is 161 g/mol. The van der Waals surface area contributed by atoms with Gasteiger partial charge in [-0.25, -0.2) is 0 Å². The van der Waals surface area contributed by atoms with Gasteiger partial charge in [-0.2, -0.15) is 0 Å². The van der Waals surface area contributed by atoms with Crippen LogP contribution in [0.25, 0.3) is 5.08 Å². The molecule has 0 heterocycles. The van der Waals surface area contributed by atoms with Crippen LogP contribution in [0.2, 0.25) is 0 Å². The third-order valence-electron chi connectivity index (χ3n) is 0.0730. The van der Waals surface area contributed by atoms with Crippen LogP contribution in [0.5, 0.6) is 0 Å². The van der Waals surface area contributed by atoms with Crippen molar-refractivity contribution in [2.45, 2.75) is 0 Å². The molecular weight excluding hydrogens is 161 g/mol. The van der Waals surface area contributed by atoms with E-state index in [0.717, 1.165) is 0 Å². The highest BCUT2D eigenvalue weighted by atomic mass is 19.5. The van der Waals surface area contributed by atoms with Gasteiger partial charge >= 0.3 is 22.8 Å². The lowest BCUT2D eigenvalue weighted by molar-refractivity contribution is -0.413. The van der Waals surface area contributed by atoms with E-state index in [0.29, 0.717) is 0 Å². The molecule has 0 atom stereocenters. The van der Waals surface area contributed by atoms with Gasteiger partial charge in [-0.15, -0.1) is 0 Å². The van der Waals surface area contributed by atoms with E-state index in [9.17, 15) is 17.3 Å². The fourth-order valence-corrected chi connectivity index (χ4v) is 0. The first-order chi connectivity index (χ1) is 4.27. The molecule has 0 aromatic rings. The van der Waals surface area contributed by atoms with Crippen LogP contribution in [0.1, 0.15) is 0 Å². The monoisotopic (exact) mass is 161 g/mol. The summed E-state index contributed by atoms with van der Waals surface area (Å²) in [4.78, 5) is 8.76. The van der Waals surface area contributed by atoms with Crippen molar-refractivity contribution >= 4 is 7.25 Å². The molecule has 0 rings (SSSR count). The number of diazo groups is 1. The summed E-state index contributed by atoms with van der Waals surface area (Å²) in [5, 5.41) is 16.2. The van der Waals surface area contributed by atoms with E-state index >= 15 is 0 Å². The maximum absolute atomic E-state index is 9.75. The third-order valence-corrected chi connectivity index (χ3v) is 0.0730. The van der Waals surface area contributed by atoms with Crippen molar-refractivity contribution in [2.75, 3.05) is 0 Å². The van der Waals surface area contributed by atoms with E-state index in [-0.39, 0.29) is 0 Å². The largest absolute Gasteiger partial charge is 0.673 e. The van der Waals surface area contributed by atoms with Gasteiger partial charge in [0.25, 0.3) is 0 Å². The van der Waals surface area contributed by atoms with Crippen molar-refractivity contribution in [3.63, 3.8) is 0 Å². The van der Waals surface area contributed by atoms with Crippen LogP contribution in [-0.2, 0) is 0 Å². The Hall–Kier alpha value is -1.40. The van der Waals surface area contributed by atoms with Gasteiger partial charge in [0.1, 0.15) is 0 Å². The van der Waals surface area contributed by atoms with Crippen LogP contribution in [0.4, 0.5) is 17.3 Å². The molecule has 0 aromatic carbocycles. The van der Waals surface area contributed by atoms with Crippen molar-refractivity contribution < 1.29 is 22.3 Å². The summed E-state index contributed by atoms with van der Waals surface area (Å²) < 4.78 is 39.0. The molecule has 0 unspecified atom stereocenters. The van der Waals surface area contributed by atoms with Crippen LogP contribution in [-0.4, -0.2) is 12.3 Å². The van der Waals surface area contributed by atoms with Crippen molar-refractivity contribution in [2.24, 2.45) is 0 Å². The molecule has 0 aromatic heterocycles. The van der Waals surface area contributed by atoms with Crippen molar-refractivity contribution in [1.82, 2.24) is 0 Å². The predicted octanol–water partition coefficient (Wildman–Crippen LogP) is 1.33. The highest BCUT2D eigenvalue weighted by Gasteiger charge is 2.20. The Bertz CT molecular complexity index is 140. The van der Waals surface area contributed by atoms with Gasteiger partial charge in [-0.1, -0.05) is 0 Å². The molecule has 0 fully saturated rings. The van der Waals surface area contributed by atoms with Crippen molar-refractivity contribution in [3.05, 3.63) is 15.2 Å². The highest BCUT2D eigenvalue weighted by Crippen LogP contribution is 2.06. The van der Waals surface area contributed by atoms with Gasteiger partial charge in [-0.3, -0.25) is 10.1 Å². The summed E-state index contributed by atoms with van der Waals surface area (Å²) in [5.74, 6) is 0. The Labute approximate surface area is 51.5 Å². The second-order valence-electron chi connectivity index (χ2n) is 0.822. The fourth-order valence-electron chi connectivity index (χ4n) is 0. The first-order valence-corrected chi connectivity index (χ1v) is 1.64. The highest BCUT2D eigenvalue weighted by molar-refractivity contribution is 6.50. The lowest BCUT2D eigenvalue weighted by Crippen LogP contribution is -2.02. The van der Waals surface area contributed by atoms with Crippen LogP contribution >= 0.6 is 0 Å². The molecule has 0 aliphatic carbocycles. The number of rotatable bonds is 0. The Kier molecular flexibility index (Phi) is 5.11. The van der Waals surface area contributed by atoms with Gasteiger partial charge in [0, 0.05) is 0 Å². The Morgan fingerprint density at radius 1 is 1.40 bits per heavy atom. The van der Waals surface area contributed by atoms with E-state index in [4.69, 9.17) is 15.5 Å². The standard InChI is InChI=1S/BF4.N3O2/c2-1(3,4)5;1-2-3(4)5/q-1;+1. The maximum atomic E-state index is 9.75. The third kappa shape index (κ3) is 567. The molecule has 0 N–H and O–H groups in total. The quantitative estimate of drug-likeness (QED) is 0.177. The van der Waals surface area contributed by atoms with Crippen LogP contribution < -0.4 is 0 Å². The summed E-state index contributed by atoms with van der Waals surface area (Å²) in [6.45, 7) is 0. The van der Waals surface area contributed by atoms with Crippen molar-refractivity contribution in [1.29, 1.82) is 5.39 Å². The molecular formula is BF4N3O2. The van der Waals surface area contributed by atoms with Crippen LogP contribution in [0.15, 0.2) is 0 Å². The fraction of sp³-hybridized carbons (Fsp3) is 0. The smallest absolute Gasteiger partial charge is 0.418 e. The molecule has 0 aliphatic heterocycles. The van der Waals surface area contributed by atoms with Gasteiger partial charge in [0.15, 0.2) is 0 Å². The molecule has 58 valence electrons. The molecule has 0 bridgehead atoms. The summed E-state index contributed by atoms with van der Waals surface area (Å²) in [6, 6.07) is 0. The first-order valence-electron chi connectivity index (χ1n) is 1.64. The minimum absolute atomic E-state index is 1.19. The summed E-state index contributed by atoms with van der Waals surface area (Å²) in [6.07, 6.45) is 0. The lowest BCUT2D eigenvalue weighted by Gasteiger charge is -1.94. The van der Waals surface area contributed by atoms with E-state index in [1.165, 1.54) is 0 Å². The zero-order valence-corrected chi connectivity index (χ0v) is 4.25. The zero-order chi connectivity index (χ0) is 8.78. The van der Waals surface area contributed by atoms with E-state index < -0.39 is 12.3 Å². The van der Waals surface area contributed by atoms with E-state index in [1.807, 2.05) is 0 Å². The Morgan fingerprint density at radius 3 is 1.50 bits per heavy atom. The van der Waals surface area contributed by atoms with E-state index in [2.05, 4.69) is 0 Å². The van der Waals surface area contributed by atoms with Crippen molar-refractivity contribution in [3.8, 4) is 0 Å².